The van der Waals surface area contributed by atoms with Gasteiger partial charge in [-0.15, -0.1) is 0 Å². The van der Waals surface area contributed by atoms with Crippen LogP contribution >= 0.6 is 0 Å². The fraction of sp³-hybridized carbons (Fsp3) is 0.364. The summed E-state index contributed by atoms with van der Waals surface area (Å²) in [4.78, 5) is 26.6. The van der Waals surface area contributed by atoms with Crippen LogP contribution in [-0.4, -0.2) is 17.5 Å². The Bertz CT molecular complexity index is 840. The topological polar surface area (TPSA) is 61.4 Å². The molecule has 0 spiro atoms. The van der Waals surface area contributed by atoms with Gasteiger partial charge in [0.1, 0.15) is 0 Å². The molecule has 0 radical (unpaired) electrons. The van der Waals surface area contributed by atoms with Gasteiger partial charge in [-0.1, -0.05) is 30.3 Å². The lowest BCUT2D eigenvalue weighted by Gasteiger charge is -2.35. The summed E-state index contributed by atoms with van der Waals surface area (Å²) in [5.74, 6) is 0.130. The highest BCUT2D eigenvalue weighted by atomic mass is 16.2. The minimum atomic E-state index is -0.299. The minimum absolute atomic E-state index is 0.0410. The molecule has 1 atom stereocenters. The van der Waals surface area contributed by atoms with Crippen LogP contribution in [0.2, 0.25) is 0 Å². The molecule has 0 unspecified atom stereocenters. The SMILES string of the molecule is C[C@@H](c1ccccc1)N1C(=O)CCc2cc(NC(=O)NC(C)(C)C)ccc21. The Balaban J connectivity index is 1.84. The summed E-state index contributed by atoms with van der Waals surface area (Å²) >= 11 is 0. The van der Waals surface area contributed by atoms with E-state index >= 15 is 0 Å². The van der Waals surface area contributed by atoms with Crippen molar-refractivity contribution in [3.8, 4) is 0 Å². The fourth-order valence-corrected chi connectivity index (χ4v) is 3.40. The number of carbonyl (C=O) groups excluding carboxylic acids is 2. The molecule has 3 amide bonds. The number of urea groups is 1. The van der Waals surface area contributed by atoms with E-state index in [0.29, 0.717) is 12.8 Å². The first-order valence-corrected chi connectivity index (χ1v) is 9.34. The van der Waals surface area contributed by atoms with Gasteiger partial charge in [0.15, 0.2) is 0 Å². The molecule has 0 bridgehead atoms. The van der Waals surface area contributed by atoms with E-state index < -0.39 is 0 Å². The van der Waals surface area contributed by atoms with Crippen molar-refractivity contribution in [1.29, 1.82) is 0 Å². The molecule has 1 heterocycles. The van der Waals surface area contributed by atoms with Crippen molar-refractivity contribution in [2.75, 3.05) is 10.2 Å². The predicted octanol–water partition coefficient (Wildman–Crippen LogP) is 4.65. The van der Waals surface area contributed by atoms with Crippen molar-refractivity contribution >= 4 is 23.3 Å². The smallest absolute Gasteiger partial charge is 0.319 e. The number of hydrogen-bond donors (Lipinski definition) is 2. The number of aryl methyl sites for hydroxylation is 1. The zero-order valence-corrected chi connectivity index (χ0v) is 16.4. The van der Waals surface area contributed by atoms with Gasteiger partial charge in [0.25, 0.3) is 0 Å². The lowest BCUT2D eigenvalue weighted by atomic mass is 9.96. The van der Waals surface area contributed by atoms with Crippen LogP contribution in [0.4, 0.5) is 16.2 Å². The molecule has 0 aromatic heterocycles. The molecular weight excluding hydrogens is 338 g/mol. The Morgan fingerprint density at radius 1 is 1.07 bits per heavy atom. The van der Waals surface area contributed by atoms with Gasteiger partial charge in [0.2, 0.25) is 5.91 Å². The summed E-state index contributed by atoms with van der Waals surface area (Å²) in [5, 5.41) is 5.77. The largest absolute Gasteiger partial charge is 0.333 e. The van der Waals surface area contributed by atoms with Crippen LogP contribution in [0, 0.1) is 0 Å². The Kier molecular flexibility index (Phi) is 5.22. The van der Waals surface area contributed by atoms with Crippen molar-refractivity contribution < 1.29 is 9.59 Å². The summed E-state index contributed by atoms with van der Waals surface area (Å²) < 4.78 is 0. The molecule has 1 aliphatic heterocycles. The second kappa shape index (κ2) is 7.43. The molecule has 0 aliphatic carbocycles. The third kappa shape index (κ3) is 4.48. The van der Waals surface area contributed by atoms with E-state index in [1.807, 2.05) is 81.1 Å². The molecule has 2 N–H and O–H groups in total. The standard InChI is InChI=1S/C22H27N3O2/c1-15(16-8-6-5-7-9-16)25-19-12-11-18(14-17(19)10-13-20(25)26)23-21(27)24-22(2,3)4/h5-9,11-12,14-15H,10,13H2,1-4H3,(H2,23,24,27)/t15-/m0/s1. The maximum atomic E-state index is 12.6. The second-order valence-electron chi connectivity index (χ2n) is 8.02. The summed E-state index contributed by atoms with van der Waals surface area (Å²) in [7, 11) is 0. The number of benzene rings is 2. The first-order valence-electron chi connectivity index (χ1n) is 9.34. The number of fused-ring (bicyclic) bond motifs is 1. The van der Waals surface area contributed by atoms with Crippen LogP contribution in [0.25, 0.3) is 0 Å². The van der Waals surface area contributed by atoms with Gasteiger partial charge in [0.05, 0.1) is 6.04 Å². The summed E-state index contributed by atoms with van der Waals surface area (Å²) in [5.41, 5.74) is 3.53. The zero-order valence-electron chi connectivity index (χ0n) is 16.4. The maximum absolute atomic E-state index is 12.6. The molecule has 0 fully saturated rings. The fourth-order valence-electron chi connectivity index (χ4n) is 3.40. The summed E-state index contributed by atoms with van der Waals surface area (Å²) in [6.45, 7) is 7.86. The highest BCUT2D eigenvalue weighted by Crippen LogP contribution is 2.36. The van der Waals surface area contributed by atoms with Crippen LogP contribution in [0.3, 0.4) is 0 Å². The third-order valence-electron chi connectivity index (χ3n) is 4.63. The molecular formula is C22H27N3O2. The molecule has 27 heavy (non-hydrogen) atoms. The van der Waals surface area contributed by atoms with Crippen LogP contribution in [0.15, 0.2) is 48.5 Å². The maximum Gasteiger partial charge on any atom is 0.319 e. The second-order valence-corrected chi connectivity index (χ2v) is 8.02. The predicted molar refractivity (Wildman–Crippen MR) is 109 cm³/mol. The molecule has 5 nitrogen and oxygen atoms in total. The molecule has 2 aromatic rings. The molecule has 3 rings (SSSR count). The van der Waals surface area contributed by atoms with Gasteiger partial charge >= 0.3 is 6.03 Å². The van der Waals surface area contributed by atoms with E-state index in [0.717, 1.165) is 22.5 Å². The number of nitrogens with one attached hydrogen (secondary N) is 2. The van der Waals surface area contributed by atoms with Crippen LogP contribution in [0.1, 0.15) is 51.3 Å². The minimum Gasteiger partial charge on any atom is -0.333 e. The number of carbonyl (C=O) groups is 2. The first-order chi connectivity index (χ1) is 12.7. The summed E-state index contributed by atoms with van der Waals surface area (Å²) in [6.07, 6.45) is 1.16. The molecule has 0 saturated heterocycles. The van der Waals surface area contributed by atoms with Crippen LogP contribution < -0.4 is 15.5 Å². The van der Waals surface area contributed by atoms with Crippen molar-refractivity contribution in [1.82, 2.24) is 5.32 Å². The Morgan fingerprint density at radius 3 is 2.44 bits per heavy atom. The first kappa shape index (κ1) is 19.0. The van der Waals surface area contributed by atoms with Gasteiger partial charge in [-0.25, -0.2) is 4.79 Å². The van der Waals surface area contributed by atoms with Crippen LogP contribution in [-0.2, 0) is 11.2 Å². The summed E-state index contributed by atoms with van der Waals surface area (Å²) in [6, 6.07) is 15.5. The highest BCUT2D eigenvalue weighted by molar-refractivity contribution is 5.98. The molecule has 142 valence electrons. The highest BCUT2D eigenvalue weighted by Gasteiger charge is 2.29. The molecule has 2 aromatic carbocycles. The number of amides is 3. The molecule has 5 heteroatoms. The van der Waals surface area contributed by atoms with Crippen molar-refractivity contribution in [2.24, 2.45) is 0 Å². The molecule has 0 saturated carbocycles. The molecule has 1 aliphatic rings. The van der Waals surface area contributed by atoms with Crippen LogP contribution in [0.5, 0.6) is 0 Å². The number of anilines is 2. The zero-order chi connectivity index (χ0) is 19.6. The normalized spacial score (nSPS) is 15.1. The average Bonchev–Trinajstić information content (AvgIpc) is 2.60. The van der Waals surface area contributed by atoms with Gasteiger partial charge < -0.3 is 15.5 Å². The van der Waals surface area contributed by atoms with E-state index in [2.05, 4.69) is 10.6 Å². The quantitative estimate of drug-likeness (QED) is 0.832. The van der Waals surface area contributed by atoms with Crippen molar-refractivity contribution in [2.45, 2.75) is 52.1 Å². The van der Waals surface area contributed by atoms with Crippen molar-refractivity contribution in [3.05, 3.63) is 59.7 Å². The van der Waals surface area contributed by atoms with Gasteiger partial charge in [-0.2, -0.15) is 0 Å². The third-order valence-corrected chi connectivity index (χ3v) is 4.63. The van der Waals surface area contributed by atoms with E-state index in [1.165, 1.54) is 0 Å². The van der Waals surface area contributed by atoms with Crippen molar-refractivity contribution in [3.63, 3.8) is 0 Å². The van der Waals surface area contributed by atoms with Gasteiger partial charge in [-0.3, -0.25) is 4.79 Å². The van der Waals surface area contributed by atoms with E-state index in [1.54, 1.807) is 0 Å². The number of nitrogens with zero attached hydrogens (tertiary/aromatic N) is 1. The average molecular weight is 365 g/mol. The number of hydrogen-bond acceptors (Lipinski definition) is 2. The number of rotatable bonds is 3. The lowest BCUT2D eigenvalue weighted by Crippen LogP contribution is -2.43. The van der Waals surface area contributed by atoms with Gasteiger partial charge in [0, 0.05) is 23.3 Å². The Labute approximate surface area is 160 Å². The van der Waals surface area contributed by atoms with E-state index in [4.69, 9.17) is 0 Å². The van der Waals surface area contributed by atoms with E-state index in [-0.39, 0.29) is 23.5 Å². The monoisotopic (exact) mass is 365 g/mol. The Morgan fingerprint density at radius 2 is 1.78 bits per heavy atom. The lowest BCUT2D eigenvalue weighted by molar-refractivity contribution is -0.119. The van der Waals surface area contributed by atoms with E-state index in [9.17, 15) is 9.59 Å². The van der Waals surface area contributed by atoms with Gasteiger partial charge in [-0.05, 0) is 63.4 Å². The Hall–Kier alpha value is -2.82.